The molecular formula is C25H31N5O6S2. The summed E-state index contributed by atoms with van der Waals surface area (Å²) in [4.78, 5) is 54.0. The monoisotopic (exact) mass is 561 g/mol. The average Bonchev–Trinajstić information content (AvgIpc) is 3.26. The highest BCUT2D eigenvalue weighted by Gasteiger charge is 2.31. The van der Waals surface area contributed by atoms with Gasteiger partial charge >= 0.3 is 6.03 Å². The maximum atomic E-state index is 13.1. The first-order chi connectivity index (χ1) is 18.0. The second kappa shape index (κ2) is 11.2. The van der Waals surface area contributed by atoms with Crippen LogP contribution in [0.2, 0.25) is 0 Å². The van der Waals surface area contributed by atoms with Crippen molar-refractivity contribution in [2.75, 3.05) is 39.0 Å². The van der Waals surface area contributed by atoms with E-state index in [9.17, 15) is 27.6 Å². The number of nitrogens with zero attached hydrogens (tertiary/aromatic N) is 3. The van der Waals surface area contributed by atoms with Crippen LogP contribution in [0.1, 0.15) is 57.3 Å². The Labute approximate surface area is 225 Å². The summed E-state index contributed by atoms with van der Waals surface area (Å²) < 4.78 is 27.3. The second-order valence-corrected chi connectivity index (χ2v) is 12.5. The summed E-state index contributed by atoms with van der Waals surface area (Å²) in [6, 6.07) is 5.09. The Bertz CT molecular complexity index is 1360. The van der Waals surface area contributed by atoms with Crippen molar-refractivity contribution in [3.63, 3.8) is 0 Å². The highest BCUT2D eigenvalue weighted by atomic mass is 32.2. The number of carbonyl (C=O) groups is 4. The van der Waals surface area contributed by atoms with Gasteiger partial charge in [-0.25, -0.2) is 13.2 Å². The molecule has 2 aliphatic rings. The van der Waals surface area contributed by atoms with E-state index >= 15 is 0 Å². The van der Waals surface area contributed by atoms with E-state index < -0.39 is 27.9 Å². The number of sulfonamides is 1. The molecule has 38 heavy (non-hydrogen) atoms. The van der Waals surface area contributed by atoms with Gasteiger partial charge in [-0.3, -0.25) is 19.7 Å². The summed E-state index contributed by atoms with van der Waals surface area (Å²) in [5, 5.41) is 5.35. The number of hydrogen-bond donors (Lipinski definition) is 2. The van der Waals surface area contributed by atoms with Gasteiger partial charge in [-0.1, -0.05) is 6.42 Å². The topological polar surface area (TPSA) is 136 Å². The first-order valence-corrected chi connectivity index (χ1v) is 14.6. The van der Waals surface area contributed by atoms with Crippen LogP contribution in [0.15, 0.2) is 29.2 Å². The maximum absolute atomic E-state index is 13.1. The van der Waals surface area contributed by atoms with E-state index in [0.717, 1.165) is 24.1 Å². The molecule has 0 radical (unpaired) electrons. The molecule has 0 spiro atoms. The number of thiophene rings is 1. The molecule has 0 bridgehead atoms. The Balaban J connectivity index is 1.59. The third-order valence-corrected chi connectivity index (χ3v) is 9.70. The number of fused-ring (bicyclic) bond motifs is 1. The summed E-state index contributed by atoms with van der Waals surface area (Å²) in [7, 11) is -0.615. The lowest BCUT2D eigenvalue weighted by Crippen LogP contribution is -2.39. The minimum Gasteiger partial charge on any atom is -0.337 e. The summed E-state index contributed by atoms with van der Waals surface area (Å²) in [6.45, 7) is 3.16. The Kier molecular flexibility index (Phi) is 8.19. The zero-order chi connectivity index (χ0) is 27.6. The lowest BCUT2D eigenvalue weighted by atomic mass is 10.0. The van der Waals surface area contributed by atoms with Crippen molar-refractivity contribution in [1.82, 2.24) is 19.4 Å². The van der Waals surface area contributed by atoms with Gasteiger partial charge in [0.25, 0.3) is 11.8 Å². The third-order valence-electron chi connectivity index (χ3n) is 6.65. The number of benzene rings is 1. The van der Waals surface area contributed by atoms with E-state index in [2.05, 4.69) is 10.6 Å². The molecule has 0 unspecified atom stereocenters. The summed E-state index contributed by atoms with van der Waals surface area (Å²) in [6.07, 6.45) is 3.06. The molecule has 0 saturated carbocycles. The lowest BCUT2D eigenvalue weighted by Gasteiger charge is -2.26. The van der Waals surface area contributed by atoms with Crippen molar-refractivity contribution < 1.29 is 27.6 Å². The molecule has 3 heterocycles. The van der Waals surface area contributed by atoms with Crippen LogP contribution in [-0.4, -0.2) is 80.0 Å². The van der Waals surface area contributed by atoms with Gasteiger partial charge in [0.1, 0.15) is 5.00 Å². The van der Waals surface area contributed by atoms with Crippen molar-refractivity contribution in [2.24, 2.45) is 0 Å². The van der Waals surface area contributed by atoms with E-state index in [1.807, 2.05) is 0 Å². The molecule has 2 N–H and O–H groups in total. The van der Waals surface area contributed by atoms with E-state index in [1.165, 1.54) is 65.8 Å². The Morgan fingerprint density at radius 1 is 0.947 bits per heavy atom. The number of imide groups is 1. The average molecular weight is 562 g/mol. The van der Waals surface area contributed by atoms with Crippen molar-refractivity contribution in [1.29, 1.82) is 0 Å². The number of piperidine rings is 1. The summed E-state index contributed by atoms with van der Waals surface area (Å²) >= 11 is 1.18. The van der Waals surface area contributed by atoms with Crippen LogP contribution in [0.5, 0.6) is 0 Å². The SMILES string of the molecule is CC(=O)N1CCc2c(sc(NC(=O)c3ccc(S(=O)(=O)N4CCCCC4)cc3)c2C(=O)NC(=O)N(C)C)C1. The number of anilines is 1. The fraction of sp³-hybridized carbons (Fsp3) is 0.440. The fourth-order valence-corrected chi connectivity index (χ4v) is 7.25. The lowest BCUT2D eigenvalue weighted by molar-refractivity contribution is -0.129. The molecule has 0 aliphatic carbocycles. The number of hydrogen-bond acceptors (Lipinski definition) is 7. The number of amides is 5. The van der Waals surface area contributed by atoms with Crippen LogP contribution in [0, 0.1) is 0 Å². The van der Waals surface area contributed by atoms with Crippen LogP contribution >= 0.6 is 11.3 Å². The van der Waals surface area contributed by atoms with Crippen LogP contribution in [0.25, 0.3) is 0 Å². The molecule has 0 atom stereocenters. The number of carbonyl (C=O) groups excluding carboxylic acids is 4. The van der Waals surface area contributed by atoms with Crippen molar-refractivity contribution in [3.8, 4) is 0 Å². The Morgan fingerprint density at radius 3 is 2.21 bits per heavy atom. The van der Waals surface area contributed by atoms with Crippen molar-refractivity contribution in [2.45, 2.75) is 44.0 Å². The van der Waals surface area contributed by atoms with Gasteiger partial charge < -0.3 is 15.1 Å². The van der Waals surface area contributed by atoms with Gasteiger partial charge in [0.2, 0.25) is 15.9 Å². The van der Waals surface area contributed by atoms with Gasteiger partial charge in [0.15, 0.2) is 0 Å². The van der Waals surface area contributed by atoms with Gasteiger partial charge in [-0.15, -0.1) is 11.3 Å². The van der Waals surface area contributed by atoms with Crippen LogP contribution in [0.3, 0.4) is 0 Å². The number of urea groups is 1. The van der Waals surface area contributed by atoms with Gasteiger partial charge in [0, 0.05) is 51.1 Å². The van der Waals surface area contributed by atoms with Crippen LogP contribution in [0.4, 0.5) is 9.80 Å². The van der Waals surface area contributed by atoms with E-state index in [4.69, 9.17) is 0 Å². The fourth-order valence-electron chi connectivity index (χ4n) is 4.48. The minimum absolute atomic E-state index is 0.0944. The van der Waals surface area contributed by atoms with E-state index in [-0.39, 0.29) is 26.9 Å². The molecule has 1 saturated heterocycles. The summed E-state index contributed by atoms with van der Waals surface area (Å²) in [5.41, 5.74) is 1.10. The predicted molar refractivity (Wildman–Crippen MR) is 143 cm³/mol. The van der Waals surface area contributed by atoms with E-state index in [0.29, 0.717) is 38.2 Å². The largest absolute Gasteiger partial charge is 0.337 e. The van der Waals surface area contributed by atoms with Gasteiger partial charge in [-0.05, 0) is 49.1 Å². The van der Waals surface area contributed by atoms with Gasteiger partial charge in [-0.2, -0.15) is 4.31 Å². The van der Waals surface area contributed by atoms with Crippen molar-refractivity contribution in [3.05, 3.63) is 45.8 Å². The zero-order valence-electron chi connectivity index (χ0n) is 21.6. The molecule has 11 nitrogen and oxygen atoms in total. The molecule has 2 aliphatic heterocycles. The van der Waals surface area contributed by atoms with E-state index in [1.54, 1.807) is 4.90 Å². The molecule has 5 amide bonds. The zero-order valence-corrected chi connectivity index (χ0v) is 23.2. The first kappa shape index (κ1) is 27.7. The molecule has 1 fully saturated rings. The predicted octanol–water partition coefficient (Wildman–Crippen LogP) is 2.49. The molecule has 1 aromatic heterocycles. The number of rotatable bonds is 5. The maximum Gasteiger partial charge on any atom is 0.323 e. The third kappa shape index (κ3) is 5.74. The molecule has 1 aromatic carbocycles. The summed E-state index contributed by atoms with van der Waals surface area (Å²) in [5.74, 6) is -1.26. The normalized spacial score (nSPS) is 15.9. The Hall–Kier alpha value is -3.29. The molecular weight excluding hydrogens is 530 g/mol. The number of nitrogens with one attached hydrogen (secondary N) is 2. The Morgan fingerprint density at radius 2 is 1.61 bits per heavy atom. The standard InChI is InChI=1S/C25H31N5O6S2/c1-16(31)29-14-11-19-20(15-29)37-24(21(19)23(33)27-25(34)28(2)3)26-22(32)17-7-9-18(10-8-17)38(35,36)30-12-5-4-6-13-30/h7-10H,4-6,11-15H2,1-3H3,(H,26,32)(H,27,33,34). The van der Waals surface area contributed by atoms with Crippen LogP contribution < -0.4 is 10.6 Å². The highest BCUT2D eigenvalue weighted by Crippen LogP contribution is 2.37. The highest BCUT2D eigenvalue weighted by molar-refractivity contribution is 7.89. The molecule has 4 rings (SSSR count). The smallest absolute Gasteiger partial charge is 0.323 e. The van der Waals surface area contributed by atoms with Crippen LogP contribution in [-0.2, 0) is 27.8 Å². The van der Waals surface area contributed by atoms with Crippen molar-refractivity contribution >= 4 is 50.1 Å². The molecule has 13 heteroatoms. The first-order valence-electron chi connectivity index (χ1n) is 12.3. The second-order valence-electron chi connectivity index (χ2n) is 9.50. The molecule has 2 aromatic rings. The minimum atomic E-state index is -3.63. The quantitative estimate of drug-likeness (QED) is 0.576. The van der Waals surface area contributed by atoms with Gasteiger partial charge in [0.05, 0.1) is 17.0 Å². The molecule has 204 valence electrons.